The van der Waals surface area contributed by atoms with Gasteiger partial charge >= 0.3 is 0 Å². The Labute approximate surface area is 158 Å². The number of thioether (sulfide) groups is 1. The lowest BCUT2D eigenvalue weighted by Crippen LogP contribution is -2.28. The molecule has 0 aliphatic heterocycles. The van der Waals surface area contributed by atoms with Crippen molar-refractivity contribution in [2.45, 2.75) is 11.6 Å². The minimum Gasteiger partial charge on any atom is -0.355 e. The third kappa shape index (κ3) is 4.42. The van der Waals surface area contributed by atoms with E-state index in [1.807, 2.05) is 35.7 Å². The summed E-state index contributed by atoms with van der Waals surface area (Å²) in [5.41, 5.74) is 1.72. The summed E-state index contributed by atoms with van der Waals surface area (Å²) in [6.07, 6.45) is 0.741. The van der Waals surface area contributed by atoms with Gasteiger partial charge in [-0.15, -0.1) is 11.3 Å². The summed E-state index contributed by atoms with van der Waals surface area (Å²) in [5, 5.41) is 5.96. The number of hydrogen-bond acceptors (Lipinski definition) is 5. The second-order valence-electron chi connectivity index (χ2n) is 5.41. The van der Waals surface area contributed by atoms with Crippen molar-refractivity contribution in [3.8, 4) is 0 Å². The summed E-state index contributed by atoms with van der Waals surface area (Å²) in [5.74, 6) is 0.134. The fourth-order valence-corrected chi connectivity index (χ4v) is 4.01. The summed E-state index contributed by atoms with van der Waals surface area (Å²) >= 11 is 8.49. The molecule has 0 aliphatic carbocycles. The van der Waals surface area contributed by atoms with E-state index in [1.165, 1.54) is 27.7 Å². The number of carbonyl (C=O) groups is 1. The van der Waals surface area contributed by atoms with Gasteiger partial charge in [-0.2, -0.15) is 0 Å². The van der Waals surface area contributed by atoms with E-state index < -0.39 is 0 Å². The Morgan fingerprint density at radius 2 is 2.08 bits per heavy atom. The highest BCUT2D eigenvalue weighted by Crippen LogP contribution is 2.19. The molecule has 2 heterocycles. The number of nitrogens with one attached hydrogen (secondary N) is 1. The zero-order valence-electron chi connectivity index (χ0n) is 13.5. The number of benzene rings is 1. The number of halogens is 1. The lowest BCUT2D eigenvalue weighted by Gasteiger charge is -2.08. The lowest BCUT2D eigenvalue weighted by atomic mass is 10.1. The van der Waals surface area contributed by atoms with Gasteiger partial charge in [0.25, 0.3) is 5.56 Å². The molecule has 25 heavy (non-hydrogen) atoms. The summed E-state index contributed by atoms with van der Waals surface area (Å²) < 4.78 is 2.13. The molecule has 0 atom stereocenters. The predicted molar refractivity (Wildman–Crippen MR) is 104 cm³/mol. The number of hydrogen-bond donors (Lipinski definition) is 1. The topological polar surface area (TPSA) is 64.0 Å². The van der Waals surface area contributed by atoms with Gasteiger partial charge in [0.1, 0.15) is 4.70 Å². The lowest BCUT2D eigenvalue weighted by molar-refractivity contribution is -0.118. The Morgan fingerprint density at radius 3 is 2.84 bits per heavy atom. The molecule has 2 aromatic heterocycles. The van der Waals surface area contributed by atoms with E-state index in [1.54, 1.807) is 7.05 Å². The van der Waals surface area contributed by atoms with Crippen LogP contribution < -0.4 is 10.9 Å². The molecule has 1 N–H and O–H groups in total. The van der Waals surface area contributed by atoms with Gasteiger partial charge in [-0.1, -0.05) is 35.5 Å². The summed E-state index contributed by atoms with van der Waals surface area (Å²) in [4.78, 5) is 28.7. The first-order valence-electron chi connectivity index (χ1n) is 7.63. The average molecular weight is 394 g/mol. The molecule has 3 aromatic rings. The van der Waals surface area contributed by atoms with Gasteiger partial charge in [-0.25, -0.2) is 4.98 Å². The zero-order chi connectivity index (χ0) is 17.8. The maximum atomic E-state index is 12.2. The fraction of sp³-hybridized carbons (Fsp3) is 0.235. The van der Waals surface area contributed by atoms with Crippen LogP contribution in [0.3, 0.4) is 0 Å². The second kappa shape index (κ2) is 8.03. The number of thiophene rings is 1. The van der Waals surface area contributed by atoms with Crippen molar-refractivity contribution in [3.05, 3.63) is 56.7 Å². The monoisotopic (exact) mass is 393 g/mol. The van der Waals surface area contributed by atoms with E-state index >= 15 is 0 Å². The molecule has 1 aromatic carbocycles. The van der Waals surface area contributed by atoms with Gasteiger partial charge in [0, 0.05) is 18.6 Å². The van der Waals surface area contributed by atoms with Crippen LogP contribution in [0.4, 0.5) is 0 Å². The second-order valence-corrected chi connectivity index (χ2v) is 7.70. The minimum absolute atomic E-state index is 0.0781. The highest BCUT2D eigenvalue weighted by atomic mass is 35.5. The Bertz CT molecular complexity index is 951. The Kier molecular flexibility index (Phi) is 5.78. The van der Waals surface area contributed by atoms with Crippen molar-refractivity contribution in [1.29, 1.82) is 0 Å². The zero-order valence-corrected chi connectivity index (χ0v) is 15.9. The third-order valence-electron chi connectivity index (χ3n) is 3.63. The third-order valence-corrected chi connectivity index (χ3v) is 5.80. The number of nitrogens with zero attached hydrogens (tertiary/aromatic N) is 2. The summed E-state index contributed by atoms with van der Waals surface area (Å²) in [6, 6.07) is 9.37. The molecule has 0 aliphatic rings. The highest BCUT2D eigenvalue weighted by molar-refractivity contribution is 7.99. The molecule has 0 saturated heterocycles. The number of fused-ring (bicyclic) bond motifs is 1. The van der Waals surface area contributed by atoms with Crippen molar-refractivity contribution in [2.75, 3.05) is 12.3 Å². The van der Waals surface area contributed by atoms with Crippen LogP contribution in [-0.4, -0.2) is 27.8 Å². The van der Waals surface area contributed by atoms with Crippen molar-refractivity contribution in [3.63, 3.8) is 0 Å². The Morgan fingerprint density at radius 1 is 1.32 bits per heavy atom. The first-order chi connectivity index (χ1) is 12.0. The van der Waals surface area contributed by atoms with Gasteiger partial charge in [0.05, 0.1) is 11.3 Å². The van der Waals surface area contributed by atoms with Gasteiger partial charge in [0.15, 0.2) is 5.16 Å². The van der Waals surface area contributed by atoms with Crippen molar-refractivity contribution < 1.29 is 4.79 Å². The maximum absolute atomic E-state index is 12.2. The van der Waals surface area contributed by atoms with E-state index in [4.69, 9.17) is 11.6 Å². The molecule has 3 rings (SSSR count). The molecular formula is C17H16ClN3O2S2. The molecule has 0 unspecified atom stereocenters. The van der Waals surface area contributed by atoms with E-state index in [2.05, 4.69) is 10.3 Å². The molecule has 0 bridgehead atoms. The molecule has 0 radical (unpaired) electrons. The number of amides is 1. The first-order valence-corrected chi connectivity index (χ1v) is 9.87. The molecule has 0 saturated carbocycles. The maximum Gasteiger partial charge on any atom is 0.271 e. The number of rotatable bonds is 6. The largest absolute Gasteiger partial charge is 0.355 e. The molecule has 0 spiro atoms. The predicted octanol–water partition coefficient (Wildman–Crippen LogP) is 3.10. The van der Waals surface area contributed by atoms with Crippen LogP contribution in [0.25, 0.3) is 10.2 Å². The first kappa shape index (κ1) is 18.0. The smallest absolute Gasteiger partial charge is 0.271 e. The van der Waals surface area contributed by atoms with Crippen LogP contribution in [0.1, 0.15) is 5.56 Å². The molecule has 5 nitrogen and oxygen atoms in total. The molecule has 0 fully saturated rings. The molecule has 8 heteroatoms. The Hall–Kier alpha value is -1.83. The van der Waals surface area contributed by atoms with E-state index in [0.29, 0.717) is 26.9 Å². The summed E-state index contributed by atoms with van der Waals surface area (Å²) in [6.45, 7) is 0.553. The molecule has 130 valence electrons. The van der Waals surface area contributed by atoms with Crippen LogP contribution in [-0.2, 0) is 18.3 Å². The van der Waals surface area contributed by atoms with Crippen molar-refractivity contribution in [1.82, 2.24) is 14.9 Å². The van der Waals surface area contributed by atoms with E-state index in [9.17, 15) is 9.59 Å². The van der Waals surface area contributed by atoms with E-state index in [-0.39, 0.29) is 17.2 Å². The standard InChI is InChI=1S/C17H16ClN3O2S2/c1-21-16(23)15-13(7-9-24-15)20-17(21)25-10-14(22)19-8-6-11-2-4-12(18)5-3-11/h2-5,7,9H,6,8,10H2,1H3,(H,19,22). The van der Waals surface area contributed by atoms with Crippen molar-refractivity contribution >= 4 is 50.8 Å². The Balaban J connectivity index is 1.53. The van der Waals surface area contributed by atoms with Crippen LogP contribution in [0.15, 0.2) is 45.7 Å². The van der Waals surface area contributed by atoms with Gasteiger partial charge in [0.2, 0.25) is 5.91 Å². The highest BCUT2D eigenvalue weighted by Gasteiger charge is 2.11. The summed E-state index contributed by atoms with van der Waals surface area (Å²) in [7, 11) is 1.68. The normalized spacial score (nSPS) is 11.0. The minimum atomic E-state index is -0.0846. The SMILES string of the molecule is Cn1c(SCC(=O)NCCc2ccc(Cl)cc2)nc2ccsc2c1=O. The van der Waals surface area contributed by atoms with Crippen LogP contribution in [0, 0.1) is 0 Å². The van der Waals surface area contributed by atoms with Gasteiger partial charge in [-0.05, 0) is 35.6 Å². The quantitative estimate of drug-likeness (QED) is 0.516. The number of aromatic nitrogens is 2. The fourth-order valence-electron chi connectivity index (χ4n) is 2.28. The van der Waals surface area contributed by atoms with Crippen LogP contribution in [0.2, 0.25) is 5.02 Å². The van der Waals surface area contributed by atoms with E-state index in [0.717, 1.165) is 12.0 Å². The molecular weight excluding hydrogens is 378 g/mol. The van der Waals surface area contributed by atoms with Crippen molar-refractivity contribution in [2.24, 2.45) is 7.05 Å². The van der Waals surface area contributed by atoms with Crippen LogP contribution in [0.5, 0.6) is 0 Å². The van der Waals surface area contributed by atoms with Gasteiger partial charge in [-0.3, -0.25) is 14.2 Å². The van der Waals surface area contributed by atoms with Gasteiger partial charge < -0.3 is 5.32 Å². The van der Waals surface area contributed by atoms with Crippen LogP contribution >= 0.6 is 34.7 Å². The average Bonchev–Trinajstić information content (AvgIpc) is 3.07. The molecule has 1 amide bonds. The number of carbonyl (C=O) groups excluding carboxylic acids is 1.